The molecule has 1 aliphatic heterocycles. The predicted molar refractivity (Wildman–Crippen MR) is 103 cm³/mol. The third-order valence-corrected chi connectivity index (χ3v) is 5.54. The Bertz CT molecular complexity index is 1010. The number of benzene rings is 2. The van der Waals surface area contributed by atoms with E-state index in [9.17, 15) is 14.4 Å². The smallest absolute Gasteiger partial charge is 0.334 e. The van der Waals surface area contributed by atoms with Crippen molar-refractivity contribution in [2.24, 2.45) is 5.92 Å². The maximum absolute atomic E-state index is 13.2. The van der Waals surface area contributed by atoms with Crippen LogP contribution in [0.25, 0.3) is 0 Å². The Morgan fingerprint density at radius 3 is 2.45 bits per heavy atom. The minimum atomic E-state index is -1.45. The Kier molecular flexibility index (Phi) is 4.70. The lowest BCUT2D eigenvalue weighted by Crippen LogP contribution is -2.44. The average molecular weight is 392 g/mol. The molecule has 0 aromatic heterocycles. The van der Waals surface area contributed by atoms with Crippen LogP contribution in [-0.4, -0.2) is 31.6 Å². The minimum absolute atomic E-state index is 0.150. The topological polar surface area (TPSA) is 78.9 Å². The maximum atomic E-state index is 13.2. The van der Waals surface area contributed by atoms with Gasteiger partial charge in [-0.25, -0.2) is 4.79 Å². The number of carbonyl (C=O) groups is 3. The monoisotopic (exact) mass is 392 g/mol. The number of hydrogen-bond donors (Lipinski definition) is 0. The van der Waals surface area contributed by atoms with Crippen LogP contribution in [0.1, 0.15) is 24.0 Å². The second kappa shape index (κ2) is 7.20. The zero-order valence-electron chi connectivity index (χ0n) is 16.1. The normalized spacial score (nSPS) is 24.6. The second-order valence-corrected chi connectivity index (χ2v) is 6.96. The van der Waals surface area contributed by atoms with Gasteiger partial charge in [-0.3, -0.25) is 9.59 Å². The van der Waals surface area contributed by atoms with E-state index in [2.05, 4.69) is 0 Å². The van der Waals surface area contributed by atoms with Gasteiger partial charge in [0.2, 0.25) is 0 Å². The summed E-state index contributed by atoms with van der Waals surface area (Å²) in [6.07, 6.45) is 1.53. The summed E-state index contributed by atoms with van der Waals surface area (Å²) in [6, 6.07) is 16.0. The van der Waals surface area contributed by atoms with Crippen molar-refractivity contribution in [3.8, 4) is 5.75 Å². The number of rotatable bonds is 4. The van der Waals surface area contributed by atoms with Gasteiger partial charge in [-0.2, -0.15) is 0 Å². The molecule has 2 aliphatic rings. The molecule has 6 nitrogen and oxygen atoms in total. The first-order chi connectivity index (χ1) is 14.0. The average Bonchev–Trinajstić information content (AvgIpc) is 3.24. The van der Waals surface area contributed by atoms with Gasteiger partial charge in [0.1, 0.15) is 11.2 Å². The van der Waals surface area contributed by atoms with Gasteiger partial charge in [0.25, 0.3) is 0 Å². The summed E-state index contributed by atoms with van der Waals surface area (Å²) in [5.41, 5.74) is 0.0527. The Morgan fingerprint density at radius 1 is 1.07 bits per heavy atom. The molecule has 1 heterocycles. The summed E-state index contributed by atoms with van der Waals surface area (Å²) in [5.74, 6) is -3.08. The first-order valence-corrected chi connectivity index (χ1v) is 9.39. The van der Waals surface area contributed by atoms with Crippen molar-refractivity contribution in [2.75, 3.05) is 13.7 Å². The van der Waals surface area contributed by atoms with E-state index in [0.29, 0.717) is 11.3 Å². The lowest BCUT2D eigenvalue weighted by Gasteiger charge is -2.30. The fourth-order valence-corrected chi connectivity index (χ4v) is 4.38. The number of methoxy groups -OCH3 is 1. The molecule has 2 aromatic rings. The molecule has 0 N–H and O–H groups in total. The van der Waals surface area contributed by atoms with Crippen molar-refractivity contribution in [3.63, 3.8) is 0 Å². The number of carbonyl (C=O) groups excluding carboxylic acids is 3. The van der Waals surface area contributed by atoms with E-state index in [1.54, 1.807) is 31.2 Å². The molecule has 4 rings (SSSR count). The molecule has 29 heavy (non-hydrogen) atoms. The maximum Gasteiger partial charge on any atom is 0.334 e. The zero-order chi connectivity index (χ0) is 20.6. The molecule has 148 valence electrons. The van der Waals surface area contributed by atoms with Crippen molar-refractivity contribution < 1.29 is 28.6 Å². The van der Waals surface area contributed by atoms with Gasteiger partial charge in [-0.15, -0.1) is 0 Å². The van der Waals surface area contributed by atoms with E-state index >= 15 is 0 Å². The van der Waals surface area contributed by atoms with Gasteiger partial charge in [0.15, 0.2) is 0 Å². The number of fused-ring (bicyclic) bond motifs is 2. The fourth-order valence-electron chi connectivity index (χ4n) is 4.38. The Labute approximate surface area is 168 Å². The lowest BCUT2D eigenvalue weighted by molar-refractivity contribution is -0.155. The van der Waals surface area contributed by atoms with Gasteiger partial charge in [-0.1, -0.05) is 54.6 Å². The van der Waals surface area contributed by atoms with Gasteiger partial charge >= 0.3 is 17.9 Å². The summed E-state index contributed by atoms with van der Waals surface area (Å²) in [4.78, 5) is 39.1. The first-order valence-electron chi connectivity index (χ1n) is 9.39. The quantitative estimate of drug-likeness (QED) is 0.588. The number of para-hydroxylation sites is 1. The van der Waals surface area contributed by atoms with E-state index < -0.39 is 35.2 Å². The standard InChI is InChI=1S/C23H20O6/c1-3-28-21(25)19-18(14-9-5-4-6-10-14)15(20(24)27-2)13-23(19)16-11-7-8-12-17(16)29-22(23)26/h4-13,18-19H,3H2,1-2H3/t18-,19-,23-/m0/s1. The molecular weight excluding hydrogens is 372 g/mol. The zero-order valence-corrected chi connectivity index (χ0v) is 16.1. The van der Waals surface area contributed by atoms with Crippen molar-refractivity contribution in [3.05, 3.63) is 77.4 Å². The van der Waals surface area contributed by atoms with E-state index in [0.717, 1.165) is 5.56 Å². The highest BCUT2D eigenvalue weighted by atomic mass is 16.5. The molecule has 2 aromatic carbocycles. The third-order valence-electron chi connectivity index (χ3n) is 5.54. The van der Waals surface area contributed by atoms with Crippen LogP contribution in [0, 0.1) is 5.92 Å². The predicted octanol–water partition coefficient (Wildman–Crippen LogP) is 2.92. The molecule has 0 bridgehead atoms. The summed E-state index contributed by atoms with van der Waals surface area (Å²) >= 11 is 0. The molecule has 1 spiro atoms. The SMILES string of the molecule is CCOC(=O)[C@@H]1[C@@H](c2ccccc2)C(C(=O)OC)=C[C@@]12C(=O)Oc1ccccc12. The molecule has 0 fully saturated rings. The number of esters is 3. The molecular formula is C23H20O6. The van der Waals surface area contributed by atoms with Crippen LogP contribution < -0.4 is 4.74 Å². The van der Waals surface area contributed by atoms with Gasteiger partial charge in [-0.05, 0) is 18.6 Å². The number of hydrogen-bond acceptors (Lipinski definition) is 6. The Hall–Kier alpha value is -3.41. The molecule has 0 radical (unpaired) electrons. The van der Waals surface area contributed by atoms with Crippen molar-refractivity contribution in [1.29, 1.82) is 0 Å². The van der Waals surface area contributed by atoms with Gasteiger partial charge in [0.05, 0.1) is 19.6 Å². The van der Waals surface area contributed by atoms with Crippen LogP contribution in [0.4, 0.5) is 0 Å². The summed E-state index contributed by atoms with van der Waals surface area (Å²) in [6.45, 7) is 1.85. The largest absolute Gasteiger partial charge is 0.466 e. The molecule has 0 saturated heterocycles. The fraction of sp³-hybridized carbons (Fsp3) is 0.261. The summed E-state index contributed by atoms with van der Waals surface area (Å²) < 4.78 is 15.9. The second-order valence-electron chi connectivity index (χ2n) is 6.96. The lowest BCUT2D eigenvalue weighted by atomic mass is 9.69. The van der Waals surface area contributed by atoms with E-state index in [1.165, 1.54) is 13.2 Å². The Balaban J connectivity index is 1.99. The van der Waals surface area contributed by atoms with Crippen LogP contribution in [-0.2, 0) is 29.3 Å². The minimum Gasteiger partial charge on any atom is -0.466 e. The summed E-state index contributed by atoms with van der Waals surface area (Å²) in [5, 5.41) is 0. The number of ether oxygens (including phenoxy) is 3. The first kappa shape index (κ1) is 18.9. The van der Waals surface area contributed by atoms with Crippen molar-refractivity contribution in [2.45, 2.75) is 18.3 Å². The molecule has 1 aliphatic carbocycles. The molecule has 0 unspecified atom stereocenters. The van der Waals surface area contributed by atoms with Crippen LogP contribution in [0.3, 0.4) is 0 Å². The molecule has 0 saturated carbocycles. The Morgan fingerprint density at radius 2 is 1.76 bits per heavy atom. The summed E-state index contributed by atoms with van der Waals surface area (Å²) in [7, 11) is 1.27. The van der Waals surface area contributed by atoms with Crippen molar-refractivity contribution in [1.82, 2.24) is 0 Å². The van der Waals surface area contributed by atoms with Gasteiger partial charge in [0, 0.05) is 17.1 Å². The highest BCUT2D eigenvalue weighted by Crippen LogP contribution is 2.57. The molecule has 6 heteroatoms. The highest BCUT2D eigenvalue weighted by molar-refractivity contribution is 6.04. The van der Waals surface area contributed by atoms with E-state index in [-0.39, 0.29) is 12.2 Å². The molecule has 0 amide bonds. The van der Waals surface area contributed by atoms with Crippen LogP contribution in [0.5, 0.6) is 5.75 Å². The van der Waals surface area contributed by atoms with Crippen molar-refractivity contribution >= 4 is 17.9 Å². The van der Waals surface area contributed by atoms with Crippen LogP contribution >= 0.6 is 0 Å². The van der Waals surface area contributed by atoms with Gasteiger partial charge < -0.3 is 14.2 Å². The van der Waals surface area contributed by atoms with Crippen LogP contribution in [0.2, 0.25) is 0 Å². The van der Waals surface area contributed by atoms with E-state index in [4.69, 9.17) is 14.2 Å². The van der Waals surface area contributed by atoms with Crippen LogP contribution in [0.15, 0.2) is 66.2 Å². The third kappa shape index (κ3) is 2.75. The highest BCUT2D eigenvalue weighted by Gasteiger charge is 2.64. The molecule has 3 atom stereocenters. The van der Waals surface area contributed by atoms with E-state index in [1.807, 2.05) is 30.3 Å².